The first-order chi connectivity index (χ1) is 8.97. The number of carboxylic acid groups (broad SMARTS) is 1. The molecular formula is C12H10Cl2N2O2S. The van der Waals surface area contributed by atoms with Crippen LogP contribution in [0.15, 0.2) is 35.0 Å². The Morgan fingerprint density at radius 3 is 2.89 bits per heavy atom. The molecule has 0 radical (unpaired) electrons. The van der Waals surface area contributed by atoms with Gasteiger partial charge < -0.3 is 9.67 Å². The number of nitrogens with zero attached hydrogens (tertiary/aromatic N) is 2. The van der Waals surface area contributed by atoms with Gasteiger partial charge in [-0.3, -0.25) is 4.79 Å². The second-order valence-corrected chi connectivity index (χ2v) is 5.73. The number of carboxylic acids is 1. The molecule has 0 saturated carbocycles. The molecule has 2 rings (SSSR count). The van der Waals surface area contributed by atoms with E-state index in [1.807, 2.05) is 10.6 Å². The number of thioether (sulfide) groups is 1. The first-order valence-corrected chi connectivity index (χ1v) is 7.05. The highest BCUT2D eigenvalue weighted by Crippen LogP contribution is 2.27. The van der Waals surface area contributed by atoms with Crippen molar-refractivity contribution in [2.45, 2.75) is 11.7 Å². The molecule has 100 valence electrons. The van der Waals surface area contributed by atoms with Gasteiger partial charge in [0.25, 0.3) is 0 Å². The van der Waals surface area contributed by atoms with Gasteiger partial charge in [0.1, 0.15) is 0 Å². The lowest BCUT2D eigenvalue weighted by molar-refractivity contribution is -0.133. The second-order valence-electron chi connectivity index (χ2n) is 3.81. The molecule has 19 heavy (non-hydrogen) atoms. The molecule has 0 spiro atoms. The third-order valence-electron chi connectivity index (χ3n) is 2.33. The second kappa shape index (κ2) is 5.86. The summed E-state index contributed by atoms with van der Waals surface area (Å²) in [6.45, 7) is 4.03. The Labute approximate surface area is 124 Å². The zero-order valence-electron chi connectivity index (χ0n) is 9.77. The van der Waals surface area contributed by atoms with Crippen molar-refractivity contribution in [2.75, 3.05) is 5.75 Å². The van der Waals surface area contributed by atoms with E-state index < -0.39 is 5.97 Å². The van der Waals surface area contributed by atoms with Crippen LogP contribution in [-0.4, -0.2) is 26.4 Å². The van der Waals surface area contributed by atoms with Crippen LogP contribution >= 0.6 is 35.0 Å². The Bertz CT molecular complexity index is 654. The monoisotopic (exact) mass is 316 g/mol. The fourth-order valence-corrected chi connectivity index (χ4v) is 2.66. The number of hydrogen-bond donors (Lipinski definition) is 1. The Morgan fingerprint density at radius 2 is 2.26 bits per heavy atom. The molecule has 0 aliphatic heterocycles. The highest BCUT2D eigenvalue weighted by atomic mass is 35.5. The van der Waals surface area contributed by atoms with Crippen LogP contribution < -0.4 is 0 Å². The molecule has 1 aromatic heterocycles. The summed E-state index contributed by atoms with van der Waals surface area (Å²) in [5.41, 5.74) is 1.55. The van der Waals surface area contributed by atoms with Crippen LogP contribution in [0.4, 0.5) is 0 Å². The number of carbonyl (C=O) groups is 1. The van der Waals surface area contributed by atoms with Gasteiger partial charge >= 0.3 is 5.97 Å². The minimum absolute atomic E-state index is 0.0637. The molecule has 0 unspecified atom stereocenters. The maximum absolute atomic E-state index is 10.7. The Balaban J connectivity index is 2.47. The average Bonchev–Trinajstić information content (AvgIpc) is 2.63. The van der Waals surface area contributed by atoms with Crippen molar-refractivity contribution in [3.63, 3.8) is 0 Å². The molecule has 0 saturated heterocycles. The van der Waals surface area contributed by atoms with Crippen LogP contribution in [0.3, 0.4) is 0 Å². The quantitative estimate of drug-likeness (QED) is 0.856. The Kier molecular flexibility index (Phi) is 4.39. The van der Waals surface area contributed by atoms with Crippen molar-refractivity contribution in [1.82, 2.24) is 9.55 Å². The molecule has 1 aromatic carbocycles. The molecule has 0 atom stereocenters. The summed E-state index contributed by atoms with van der Waals surface area (Å²) in [5.74, 6) is -0.961. The number of imidazole rings is 1. The number of aromatic nitrogens is 2. The van der Waals surface area contributed by atoms with E-state index in [9.17, 15) is 4.79 Å². The minimum atomic E-state index is -0.897. The third-order valence-corrected chi connectivity index (χ3v) is 3.65. The fourth-order valence-electron chi connectivity index (χ4n) is 1.64. The van der Waals surface area contributed by atoms with Gasteiger partial charge in [0.15, 0.2) is 5.16 Å². The summed E-state index contributed by atoms with van der Waals surface area (Å²) in [4.78, 5) is 15.0. The largest absolute Gasteiger partial charge is 0.481 e. The molecule has 0 aliphatic rings. The fraction of sp³-hybridized carbons (Fsp3) is 0.167. The molecular weight excluding hydrogens is 307 g/mol. The number of rotatable bonds is 5. The highest BCUT2D eigenvalue weighted by molar-refractivity contribution is 7.99. The predicted molar refractivity (Wildman–Crippen MR) is 78.1 cm³/mol. The normalized spacial score (nSPS) is 10.8. The van der Waals surface area contributed by atoms with Crippen LogP contribution in [0.1, 0.15) is 0 Å². The first kappa shape index (κ1) is 14.2. The summed E-state index contributed by atoms with van der Waals surface area (Å²) >= 11 is 12.9. The van der Waals surface area contributed by atoms with Gasteiger partial charge in [0, 0.05) is 10.1 Å². The highest BCUT2D eigenvalue weighted by Gasteiger charge is 2.13. The van der Waals surface area contributed by atoms with Crippen LogP contribution in [0.25, 0.3) is 11.0 Å². The van der Waals surface area contributed by atoms with Gasteiger partial charge in [-0.1, -0.05) is 41.5 Å². The van der Waals surface area contributed by atoms with E-state index in [1.165, 1.54) is 0 Å². The van der Waals surface area contributed by atoms with Gasteiger partial charge in [0.2, 0.25) is 0 Å². The molecule has 2 aromatic rings. The van der Waals surface area contributed by atoms with E-state index in [2.05, 4.69) is 11.6 Å². The van der Waals surface area contributed by atoms with E-state index in [-0.39, 0.29) is 5.75 Å². The summed E-state index contributed by atoms with van der Waals surface area (Å²) < 4.78 is 1.83. The smallest absolute Gasteiger partial charge is 0.313 e. The number of allylic oxidation sites excluding steroid dienone is 1. The van der Waals surface area contributed by atoms with Crippen molar-refractivity contribution >= 4 is 52.0 Å². The Hall–Kier alpha value is -1.17. The molecule has 0 bridgehead atoms. The summed E-state index contributed by atoms with van der Waals surface area (Å²) in [7, 11) is 0. The maximum atomic E-state index is 10.7. The lowest BCUT2D eigenvalue weighted by atomic mass is 10.3. The maximum Gasteiger partial charge on any atom is 0.313 e. The predicted octanol–water partition coefficient (Wildman–Crippen LogP) is 3.62. The van der Waals surface area contributed by atoms with E-state index in [1.54, 1.807) is 12.1 Å². The van der Waals surface area contributed by atoms with Crippen LogP contribution in [0, 0.1) is 0 Å². The van der Waals surface area contributed by atoms with Gasteiger partial charge in [0.05, 0.1) is 23.3 Å². The third kappa shape index (κ3) is 3.43. The first-order valence-electron chi connectivity index (χ1n) is 5.31. The van der Waals surface area contributed by atoms with Crippen molar-refractivity contribution in [3.05, 3.63) is 34.8 Å². The van der Waals surface area contributed by atoms with Crippen molar-refractivity contribution in [3.8, 4) is 0 Å². The van der Waals surface area contributed by atoms with Crippen molar-refractivity contribution < 1.29 is 9.90 Å². The van der Waals surface area contributed by atoms with E-state index in [4.69, 9.17) is 28.3 Å². The number of hydrogen-bond acceptors (Lipinski definition) is 3. The lowest BCUT2D eigenvalue weighted by Gasteiger charge is -2.06. The molecule has 0 amide bonds. The van der Waals surface area contributed by atoms with E-state index >= 15 is 0 Å². The van der Waals surface area contributed by atoms with Crippen LogP contribution in [0.2, 0.25) is 5.02 Å². The van der Waals surface area contributed by atoms with Crippen LogP contribution in [-0.2, 0) is 11.3 Å². The summed E-state index contributed by atoms with van der Waals surface area (Å²) in [6.07, 6.45) is 0. The van der Waals surface area contributed by atoms with E-state index in [0.29, 0.717) is 27.3 Å². The van der Waals surface area contributed by atoms with Crippen molar-refractivity contribution in [2.24, 2.45) is 0 Å². The number of benzene rings is 1. The van der Waals surface area contributed by atoms with Gasteiger partial charge in [-0.15, -0.1) is 0 Å². The standard InChI is InChI=1S/C12H10Cl2N2O2S/c1-7(13)5-16-10-3-2-8(14)4-9(10)15-12(16)19-6-11(17)18/h2-4H,1,5-6H2,(H,17,18). The summed E-state index contributed by atoms with van der Waals surface area (Å²) in [5, 5.41) is 10.4. The minimum Gasteiger partial charge on any atom is -0.481 e. The van der Waals surface area contributed by atoms with E-state index in [0.717, 1.165) is 17.3 Å². The number of halogens is 2. The lowest BCUT2D eigenvalue weighted by Crippen LogP contribution is -2.03. The molecule has 0 aliphatic carbocycles. The molecule has 4 nitrogen and oxygen atoms in total. The van der Waals surface area contributed by atoms with Crippen LogP contribution in [0.5, 0.6) is 0 Å². The Morgan fingerprint density at radius 1 is 1.53 bits per heavy atom. The zero-order valence-corrected chi connectivity index (χ0v) is 12.1. The number of aliphatic carboxylic acids is 1. The molecule has 1 N–H and O–H groups in total. The van der Waals surface area contributed by atoms with Crippen molar-refractivity contribution in [1.29, 1.82) is 0 Å². The molecule has 7 heteroatoms. The molecule has 1 heterocycles. The SMILES string of the molecule is C=C(Cl)Cn1c(SCC(=O)O)nc2cc(Cl)ccc21. The average molecular weight is 317 g/mol. The van der Waals surface area contributed by atoms with Gasteiger partial charge in [-0.25, -0.2) is 4.98 Å². The topological polar surface area (TPSA) is 55.1 Å². The number of fused-ring (bicyclic) bond motifs is 1. The van der Waals surface area contributed by atoms with Gasteiger partial charge in [-0.05, 0) is 18.2 Å². The van der Waals surface area contributed by atoms with Gasteiger partial charge in [-0.2, -0.15) is 0 Å². The molecule has 0 fully saturated rings. The summed E-state index contributed by atoms with van der Waals surface area (Å²) in [6, 6.07) is 5.31. The zero-order chi connectivity index (χ0) is 14.0.